The van der Waals surface area contributed by atoms with Gasteiger partial charge in [-0.15, -0.1) is 0 Å². The van der Waals surface area contributed by atoms with Crippen LogP contribution < -0.4 is 4.74 Å². The molecule has 1 aliphatic rings. The van der Waals surface area contributed by atoms with Crippen molar-refractivity contribution in [3.8, 4) is 28.0 Å². The molecule has 5 heteroatoms. The highest BCUT2D eigenvalue weighted by Gasteiger charge is 2.26. The van der Waals surface area contributed by atoms with Crippen LogP contribution in [0, 0.1) is 29.2 Å². The molecule has 0 N–H and O–H groups in total. The van der Waals surface area contributed by atoms with E-state index in [1.807, 2.05) is 6.92 Å². The minimum absolute atomic E-state index is 0.0322. The zero-order valence-electron chi connectivity index (χ0n) is 24.3. The average molecular weight is 567 g/mol. The summed E-state index contributed by atoms with van der Waals surface area (Å²) in [6.07, 6.45) is 15.5. The van der Waals surface area contributed by atoms with Gasteiger partial charge in [0.25, 0.3) is 0 Å². The van der Waals surface area contributed by atoms with Gasteiger partial charge in [-0.05, 0) is 92.5 Å². The van der Waals surface area contributed by atoms with Gasteiger partial charge in [0.2, 0.25) is 5.82 Å². The Morgan fingerprint density at radius 3 is 1.95 bits per heavy atom. The lowest BCUT2D eigenvalue weighted by Gasteiger charge is -2.29. The highest BCUT2D eigenvalue weighted by Crippen LogP contribution is 2.40. The molecule has 3 aromatic rings. The molecule has 0 atom stereocenters. The monoisotopic (exact) mass is 566 g/mol. The molecule has 0 heterocycles. The summed E-state index contributed by atoms with van der Waals surface area (Å²) in [5, 5.41) is 0. The molecular weight excluding hydrogens is 524 g/mol. The number of hydrogen-bond acceptors (Lipinski definition) is 1. The molecule has 1 saturated carbocycles. The minimum atomic E-state index is -1.02. The van der Waals surface area contributed by atoms with E-state index in [9.17, 15) is 8.78 Å². The number of halogens is 4. The summed E-state index contributed by atoms with van der Waals surface area (Å²) in [4.78, 5) is 0. The van der Waals surface area contributed by atoms with Crippen molar-refractivity contribution in [2.24, 2.45) is 5.92 Å². The van der Waals surface area contributed by atoms with Crippen LogP contribution >= 0.6 is 0 Å². The summed E-state index contributed by atoms with van der Waals surface area (Å²) in [7, 11) is 0. The SMILES string of the molecule is C/C=C/CCC1CCC(c2ccc(-c3ccc(-c4ccc(OCCCCCCC)c(F)c4F)cc3)c(F)c2F)CC1. The van der Waals surface area contributed by atoms with E-state index in [1.165, 1.54) is 12.1 Å². The second-order valence-corrected chi connectivity index (χ2v) is 11.3. The zero-order valence-corrected chi connectivity index (χ0v) is 24.3. The Balaban J connectivity index is 1.41. The Labute approximate surface area is 242 Å². The first kappa shape index (κ1) is 30.9. The number of allylic oxidation sites excluding steroid dienone is 2. The first-order chi connectivity index (χ1) is 19.9. The molecule has 3 aromatic carbocycles. The van der Waals surface area contributed by atoms with Crippen LogP contribution in [-0.2, 0) is 0 Å². The maximum absolute atomic E-state index is 15.3. The van der Waals surface area contributed by atoms with Crippen molar-refractivity contribution >= 4 is 0 Å². The molecule has 0 saturated heterocycles. The van der Waals surface area contributed by atoms with E-state index in [0.29, 0.717) is 29.2 Å². The largest absolute Gasteiger partial charge is 0.490 e. The molecule has 0 unspecified atom stereocenters. The lowest BCUT2D eigenvalue weighted by molar-refractivity contribution is 0.285. The van der Waals surface area contributed by atoms with Gasteiger partial charge in [-0.25, -0.2) is 13.2 Å². The summed E-state index contributed by atoms with van der Waals surface area (Å²) in [5.41, 5.74) is 1.63. The fourth-order valence-corrected chi connectivity index (χ4v) is 5.95. The van der Waals surface area contributed by atoms with Crippen LogP contribution in [0.15, 0.2) is 60.7 Å². The summed E-state index contributed by atoms with van der Waals surface area (Å²) < 4.78 is 65.6. The van der Waals surface area contributed by atoms with Crippen molar-refractivity contribution in [3.05, 3.63) is 89.5 Å². The van der Waals surface area contributed by atoms with Gasteiger partial charge in [0.1, 0.15) is 0 Å². The molecular formula is C36H42F4O. The first-order valence-corrected chi connectivity index (χ1v) is 15.2. The number of ether oxygens (including phenoxy) is 1. The Bertz CT molecular complexity index is 1290. The van der Waals surface area contributed by atoms with Gasteiger partial charge in [0, 0.05) is 11.1 Å². The Hall–Kier alpha value is -3.08. The molecule has 1 fully saturated rings. The van der Waals surface area contributed by atoms with Crippen LogP contribution in [0.5, 0.6) is 5.75 Å². The van der Waals surface area contributed by atoms with E-state index >= 15 is 8.78 Å². The smallest absolute Gasteiger partial charge is 0.201 e. The van der Waals surface area contributed by atoms with Crippen LogP contribution in [0.2, 0.25) is 0 Å². The number of hydrogen-bond donors (Lipinski definition) is 0. The van der Waals surface area contributed by atoms with Crippen LogP contribution in [0.1, 0.15) is 96.0 Å². The predicted molar refractivity (Wildman–Crippen MR) is 160 cm³/mol. The Morgan fingerprint density at radius 2 is 1.32 bits per heavy atom. The molecule has 0 aliphatic heterocycles. The molecule has 41 heavy (non-hydrogen) atoms. The first-order valence-electron chi connectivity index (χ1n) is 15.2. The molecule has 0 spiro atoms. The van der Waals surface area contributed by atoms with E-state index in [-0.39, 0.29) is 22.8 Å². The molecule has 0 amide bonds. The van der Waals surface area contributed by atoms with Gasteiger partial charge in [-0.1, -0.05) is 81.2 Å². The molecule has 1 aliphatic carbocycles. The maximum Gasteiger partial charge on any atom is 0.201 e. The second-order valence-electron chi connectivity index (χ2n) is 11.3. The fourth-order valence-electron chi connectivity index (χ4n) is 5.95. The van der Waals surface area contributed by atoms with Gasteiger partial charge in [-0.3, -0.25) is 0 Å². The summed E-state index contributed by atoms with van der Waals surface area (Å²) in [5.74, 6) is -3.06. The highest BCUT2D eigenvalue weighted by molar-refractivity contribution is 5.72. The summed E-state index contributed by atoms with van der Waals surface area (Å²) in [6, 6.07) is 12.7. The normalized spacial score (nSPS) is 17.3. The van der Waals surface area contributed by atoms with E-state index in [1.54, 1.807) is 36.4 Å². The van der Waals surface area contributed by atoms with E-state index in [2.05, 4.69) is 19.1 Å². The number of unbranched alkanes of at least 4 members (excludes halogenated alkanes) is 4. The zero-order chi connectivity index (χ0) is 29.2. The van der Waals surface area contributed by atoms with Gasteiger partial charge >= 0.3 is 0 Å². The van der Waals surface area contributed by atoms with Gasteiger partial charge in [0.05, 0.1) is 6.61 Å². The predicted octanol–water partition coefficient (Wildman–Crippen LogP) is 11.6. The van der Waals surface area contributed by atoms with Crippen molar-refractivity contribution in [3.63, 3.8) is 0 Å². The minimum Gasteiger partial charge on any atom is -0.490 e. The molecule has 0 radical (unpaired) electrons. The fraction of sp³-hybridized carbons (Fsp3) is 0.444. The van der Waals surface area contributed by atoms with Crippen LogP contribution in [-0.4, -0.2) is 6.61 Å². The lowest BCUT2D eigenvalue weighted by atomic mass is 9.77. The molecule has 0 aromatic heterocycles. The van der Waals surface area contributed by atoms with Crippen molar-refractivity contribution in [2.45, 2.75) is 90.4 Å². The van der Waals surface area contributed by atoms with E-state index < -0.39 is 23.3 Å². The van der Waals surface area contributed by atoms with Crippen molar-refractivity contribution in [1.82, 2.24) is 0 Å². The molecule has 0 bridgehead atoms. The third kappa shape index (κ3) is 7.81. The van der Waals surface area contributed by atoms with Gasteiger partial charge < -0.3 is 4.74 Å². The Kier molecular flexibility index (Phi) is 11.5. The van der Waals surface area contributed by atoms with Gasteiger partial charge in [-0.2, -0.15) is 4.39 Å². The Morgan fingerprint density at radius 1 is 0.707 bits per heavy atom. The summed E-state index contributed by atoms with van der Waals surface area (Å²) >= 11 is 0. The van der Waals surface area contributed by atoms with Crippen LogP contribution in [0.25, 0.3) is 22.3 Å². The molecule has 4 rings (SSSR count). The summed E-state index contributed by atoms with van der Waals surface area (Å²) in [6.45, 7) is 4.50. The second kappa shape index (κ2) is 15.2. The van der Waals surface area contributed by atoms with Gasteiger partial charge in [0.15, 0.2) is 23.2 Å². The number of rotatable bonds is 13. The van der Waals surface area contributed by atoms with E-state index in [0.717, 1.165) is 70.6 Å². The van der Waals surface area contributed by atoms with Crippen molar-refractivity contribution < 1.29 is 22.3 Å². The molecule has 220 valence electrons. The van der Waals surface area contributed by atoms with E-state index in [4.69, 9.17) is 4.74 Å². The lowest BCUT2D eigenvalue weighted by Crippen LogP contribution is -2.15. The van der Waals surface area contributed by atoms with Crippen LogP contribution in [0.4, 0.5) is 17.6 Å². The van der Waals surface area contributed by atoms with Crippen molar-refractivity contribution in [2.75, 3.05) is 6.61 Å². The highest BCUT2D eigenvalue weighted by atomic mass is 19.2. The van der Waals surface area contributed by atoms with Crippen LogP contribution in [0.3, 0.4) is 0 Å². The maximum atomic E-state index is 15.3. The quantitative estimate of drug-likeness (QED) is 0.114. The van der Waals surface area contributed by atoms with Crippen molar-refractivity contribution in [1.29, 1.82) is 0 Å². The number of benzene rings is 3. The standard InChI is InChI=1S/C36H42F4O/c1-3-5-7-8-10-24-41-32-23-22-31(35(39)36(32)40)28-18-16-27(17-19-28)30-21-20-29(33(37)34(30)38)26-14-12-25(13-15-26)11-9-6-4-2/h4,6,16-23,25-26H,3,5,7-15,24H2,1-2H3/b6-4+. The topological polar surface area (TPSA) is 9.23 Å². The molecule has 1 nitrogen and oxygen atoms in total. The third-order valence-corrected chi connectivity index (χ3v) is 8.44. The average Bonchev–Trinajstić information content (AvgIpc) is 2.99. The third-order valence-electron chi connectivity index (χ3n) is 8.44.